The summed E-state index contributed by atoms with van der Waals surface area (Å²) in [7, 11) is 0. The Morgan fingerprint density at radius 3 is 2.75 bits per heavy atom. The quantitative estimate of drug-likeness (QED) is 0.429. The molecule has 0 saturated heterocycles. The monoisotopic (exact) mass is 165 g/mol. The van der Waals surface area contributed by atoms with E-state index in [4.69, 9.17) is 15.9 Å². The summed E-state index contributed by atoms with van der Waals surface area (Å²) < 4.78 is 1.11. The molecule has 5 heteroatoms. The molecule has 1 rings (SSSR count). The molecular weight excluding hydrogens is 158 g/mol. The van der Waals surface area contributed by atoms with Crippen LogP contribution in [0.2, 0.25) is 0 Å². The number of carboxylic acids is 1. The van der Waals surface area contributed by atoms with Gasteiger partial charge in [0.05, 0.1) is 11.9 Å². The molecule has 62 valence electrons. The van der Waals surface area contributed by atoms with Gasteiger partial charge in [0.1, 0.15) is 5.49 Å². The first-order valence-corrected chi connectivity index (χ1v) is 3.16. The molecule has 0 aliphatic carbocycles. The zero-order chi connectivity index (χ0) is 9.14. The highest BCUT2D eigenvalue weighted by molar-refractivity contribution is 5.87. The lowest BCUT2D eigenvalue weighted by molar-refractivity contribution is 0.0696. The van der Waals surface area contributed by atoms with E-state index in [-0.39, 0.29) is 11.1 Å². The van der Waals surface area contributed by atoms with E-state index in [2.05, 4.69) is 0 Å². The number of hydrogen-bond donors (Lipinski definition) is 3. The number of carbonyl (C=O) groups is 1. The zero-order valence-corrected chi connectivity index (χ0v) is 6.11. The van der Waals surface area contributed by atoms with Crippen LogP contribution in [0.5, 0.6) is 0 Å². The number of aromatic nitrogens is 1. The summed E-state index contributed by atoms with van der Waals surface area (Å²) in [6.07, 6.45) is 2.10. The van der Waals surface area contributed by atoms with E-state index in [0.29, 0.717) is 0 Å². The number of aromatic carboxylic acids is 1. The Labute approximate surface area is 67.9 Å². The molecule has 0 aromatic carbocycles. The average molecular weight is 165 g/mol. The van der Waals surface area contributed by atoms with E-state index in [1.165, 1.54) is 18.3 Å². The number of rotatable bonds is 2. The van der Waals surface area contributed by atoms with Gasteiger partial charge in [0.25, 0.3) is 0 Å². The minimum atomic E-state index is -1.06. The van der Waals surface area contributed by atoms with Crippen molar-refractivity contribution in [2.45, 2.75) is 0 Å². The Morgan fingerprint density at radius 1 is 1.58 bits per heavy atom. The summed E-state index contributed by atoms with van der Waals surface area (Å²) in [5.74, 6) is -1.06. The van der Waals surface area contributed by atoms with Gasteiger partial charge in [-0.2, -0.15) is 0 Å². The van der Waals surface area contributed by atoms with E-state index in [1.54, 1.807) is 0 Å². The Kier molecular flexibility index (Phi) is 2.05. The van der Waals surface area contributed by atoms with Crippen LogP contribution in [0.3, 0.4) is 0 Å². The molecule has 0 aliphatic heterocycles. The van der Waals surface area contributed by atoms with E-state index in [1.807, 2.05) is 0 Å². The first-order valence-electron chi connectivity index (χ1n) is 3.16. The highest BCUT2D eigenvalue weighted by Crippen LogP contribution is 1.93. The molecule has 0 aliphatic rings. The summed E-state index contributed by atoms with van der Waals surface area (Å²) in [4.78, 5) is 10.4. The predicted molar refractivity (Wildman–Crippen MR) is 41.4 cm³/mol. The Balaban J connectivity index is 3.32. The van der Waals surface area contributed by atoms with Crippen LogP contribution < -0.4 is 5.49 Å². The molecule has 5 nitrogen and oxygen atoms in total. The summed E-state index contributed by atoms with van der Waals surface area (Å²) in [6, 6.07) is 2.65. The van der Waals surface area contributed by atoms with Gasteiger partial charge in [0, 0.05) is 6.20 Å². The third-order valence-electron chi connectivity index (χ3n) is 1.36. The van der Waals surface area contributed by atoms with Crippen molar-refractivity contribution in [1.82, 2.24) is 4.57 Å². The fourth-order valence-electron chi connectivity index (χ4n) is 0.751. The molecule has 0 bridgehead atoms. The summed E-state index contributed by atoms with van der Waals surface area (Å²) in [5, 5.41) is 22.6. The van der Waals surface area contributed by atoms with Crippen molar-refractivity contribution in [3.8, 4) is 0 Å². The number of nitrogens with one attached hydrogen (secondary N) is 2. The molecule has 0 unspecified atom stereocenters. The van der Waals surface area contributed by atoms with Crippen LogP contribution >= 0.6 is 0 Å². The first kappa shape index (κ1) is 8.19. The van der Waals surface area contributed by atoms with Crippen LogP contribution in [0.1, 0.15) is 10.4 Å². The molecule has 1 aromatic heterocycles. The van der Waals surface area contributed by atoms with E-state index >= 15 is 0 Å². The Bertz CT molecular complexity index is 380. The third-order valence-corrected chi connectivity index (χ3v) is 1.36. The van der Waals surface area contributed by atoms with Gasteiger partial charge >= 0.3 is 5.97 Å². The third kappa shape index (κ3) is 1.39. The SMILES string of the molecule is N=Cn1cc(C(=O)O)ccc1=N. The highest BCUT2D eigenvalue weighted by Gasteiger charge is 2.01. The van der Waals surface area contributed by atoms with Crippen LogP contribution in [0.4, 0.5) is 0 Å². The second-order valence-electron chi connectivity index (χ2n) is 2.14. The zero-order valence-electron chi connectivity index (χ0n) is 6.11. The summed E-state index contributed by atoms with van der Waals surface area (Å²) >= 11 is 0. The van der Waals surface area contributed by atoms with Crippen LogP contribution in [0.25, 0.3) is 0 Å². The van der Waals surface area contributed by atoms with Gasteiger partial charge < -0.3 is 5.11 Å². The summed E-state index contributed by atoms with van der Waals surface area (Å²) in [6.45, 7) is 0. The van der Waals surface area contributed by atoms with E-state index in [0.717, 1.165) is 10.9 Å². The number of pyridine rings is 1. The standard InChI is InChI=1S/C7H7N3O2/c8-4-10-3-5(7(11)12)1-2-6(10)9/h1-4,8-9H,(H,11,12). The van der Waals surface area contributed by atoms with Crippen molar-refractivity contribution < 1.29 is 9.90 Å². The summed E-state index contributed by atoms with van der Waals surface area (Å²) in [5.41, 5.74) is 0.143. The molecule has 0 saturated carbocycles. The van der Waals surface area contributed by atoms with Crippen molar-refractivity contribution in [2.24, 2.45) is 0 Å². The molecule has 3 N–H and O–H groups in total. The molecule has 1 aromatic rings. The van der Waals surface area contributed by atoms with Gasteiger partial charge in [-0.3, -0.25) is 15.4 Å². The Hall–Kier alpha value is -1.91. The maximum absolute atomic E-state index is 10.4. The van der Waals surface area contributed by atoms with Gasteiger partial charge in [0.15, 0.2) is 0 Å². The molecular formula is C7H7N3O2. The van der Waals surface area contributed by atoms with E-state index in [9.17, 15) is 4.79 Å². The number of carboxylic acid groups (broad SMARTS) is 1. The molecule has 12 heavy (non-hydrogen) atoms. The molecule has 0 amide bonds. The number of nitrogens with zero attached hydrogens (tertiary/aromatic N) is 1. The fraction of sp³-hybridized carbons (Fsp3) is 0. The predicted octanol–water partition coefficient (Wildman–Crippen LogP) is 0.121. The lowest BCUT2D eigenvalue weighted by Gasteiger charge is -1.98. The van der Waals surface area contributed by atoms with Gasteiger partial charge in [-0.05, 0) is 12.1 Å². The second kappa shape index (κ2) is 3.00. The lowest BCUT2D eigenvalue weighted by atomic mass is 10.3. The van der Waals surface area contributed by atoms with Gasteiger partial charge in [-0.1, -0.05) is 0 Å². The topological polar surface area (TPSA) is 89.9 Å². The maximum Gasteiger partial charge on any atom is 0.337 e. The van der Waals surface area contributed by atoms with Gasteiger partial charge in [0.2, 0.25) is 0 Å². The van der Waals surface area contributed by atoms with Crippen LogP contribution in [-0.2, 0) is 0 Å². The minimum absolute atomic E-state index is 0.0644. The van der Waals surface area contributed by atoms with Crippen molar-refractivity contribution in [3.05, 3.63) is 29.4 Å². The minimum Gasteiger partial charge on any atom is -0.478 e. The molecule has 0 fully saturated rings. The first-order chi connectivity index (χ1) is 5.65. The molecule has 0 atom stereocenters. The maximum atomic E-state index is 10.4. The van der Waals surface area contributed by atoms with Crippen molar-refractivity contribution in [2.75, 3.05) is 0 Å². The number of hydrogen-bond acceptors (Lipinski definition) is 3. The smallest absolute Gasteiger partial charge is 0.337 e. The molecule has 0 spiro atoms. The highest BCUT2D eigenvalue weighted by atomic mass is 16.4. The van der Waals surface area contributed by atoms with Crippen LogP contribution in [0, 0.1) is 10.8 Å². The Morgan fingerprint density at radius 2 is 2.25 bits per heavy atom. The second-order valence-corrected chi connectivity index (χ2v) is 2.14. The van der Waals surface area contributed by atoms with Crippen molar-refractivity contribution in [1.29, 1.82) is 10.8 Å². The van der Waals surface area contributed by atoms with Gasteiger partial charge in [-0.25, -0.2) is 4.79 Å². The van der Waals surface area contributed by atoms with Crippen LogP contribution in [0.15, 0.2) is 18.3 Å². The van der Waals surface area contributed by atoms with E-state index < -0.39 is 5.97 Å². The lowest BCUT2D eigenvalue weighted by Crippen LogP contribution is -2.19. The van der Waals surface area contributed by atoms with Crippen molar-refractivity contribution >= 4 is 12.3 Å². The molecule has 1 heterocycles. The fourth-order valence-corrected chi connectivity index (χ4v) is 0.751. The normalized spacial score (nSPS) is 9.33. The average Bonchev–Trinajstić information content (AvgIpc) is 2.05. The van der Waals surface area contributed by atoms with Gasteiger partial charge in [-0.15, -0.1) is 0 Å². The van der Waals surface area contributed by atoms with Crippen LogP contribution in [-0.4, -0.2) is 22.0 Å². The van der Waals surface area contributed by atoms with Crippen molar-refractivity contribution in [3.63, 3.8) is 0 Å². The molecule has 0 radical (unpaired) electrons. The largest absolute Gasteiger partial charge is 0.478 e.